The van der Waals surface area contributed by atoms with Crippen molar-refractivity contribution in [2.75, 3.05) is 13.2 Å². The van der Waals surface area contributed by atoms with Gasteiger partial charge in [0.05, 0.1) is 17.7 Å². The number of ether oxygens (including phenoxy) is 1. The first-order valence-corrected chi connectivity index (χ1v) is 7.69. The van der Waals surface area contributed by atoms with E-state index in [0.29, 0.717) is 34.9 Å². The molecule has 0 bridgehead atoms. The molecule has 1 N–H and O–H groups in total. The second kappa shape index (κ2) is 6.64. The molecule has 112 valence electrons. The van der Waals surface area contributed by atoms with Crippen molar-refractivity contribution in [1.82, 2.24) is 9.97 Å². The van der Waals surface area contributed by atoms with Crippen molar-refractivity contribution in [3.8, 4) is 16.5 Å². The first-order valence-electron chi connectivity index (χ1n) is 6.88. The van der Waals surface area contributed by atoms with E-state index < -0.39 is 0 Å². The number of rotatable bonds is 5. The molecule has 0 aliphatic heterocycles. The molecule has 3 aromatic rings. The summed E-state index contributed by atoms with van der Waals surface area (Å²) in [5.41, 5.74) is 0.400. The van der Waals surface area contributed by atoms with Crippen LogP contribution in [0.2, 0.25) is 0 Å². The lowest BCUT2D eigenvalue weighted by Gasteiger charge is -2.06. The molecule has 5 nitrogen and oxygen atoms in total. The van der Waals surface area contributed by atoms with Crippen LogP contribution in [0.4, 0.5) is 0 Å². The molecule has 2 heterocycles. The van der Waals surface area contributed by atoms with Crippen LogP contribution >= 0.6 is 11.3 Å². The van der Waals surface area contributed by atoms with E-state index in [0.717, 1.165) is 4.70 Å². The predicted octanol–water partition coefficient (Wildman–Crippen LogP) is 2.48. The van der Waals surface area contributed by atoms with Crippen LogP contribution in [0.5, 0.6) is 5.75 Å². The Morgan fingerprint density at radius 1 is 1.23 bits per heavy atom. The summed E-state index contributed by atoms with van der Waals surface area (Å²) < 4.78 is 6.33. The lowest BCUT2D eigenvalue weighted by molar-refractivity contribution is 0.234. The van der Waals surface area contributed by atoms with Gasteiger partial charge in [0, 0.05) is 23.9 Å². The van der Waals surface area contributed by atoms with Gasteiger partial charge in [-0.25, -0.2) is 0 Å². The molecule has 0 unspecified atom stereocenters. The van der Waals surface area contributed by atoms with E-state index in [1.807, 2.05) is 30.3 Å². The quantitative estimate of drug-likeness (QED) is 0.733. The number of hydrogen-bond donors (Lipinski definition) is 1. The first kappa shape index (κ1) is 14.6. The van der Waals surface area contributed by atoms with E-state index >= 15 is 0 Å². The van der Waals surface area contributed by atoms with E-state index in [1.165, 1.54) is 11.3 Å². The number of nitrogens with zero attached hydrogens (tertiary/aromatic N) is 2. The van der Waals surface area contributed by atoms with Gasteiger partial charge in [-0.1, -0.05) is 6.07 Å². The van der Waals surface area contributed by atoms with Crippen LogP contribution in [0.15, 0.2) is 47.4 Å². The molecule has 1 aromatic carbocycles. The molecule has 6 heteroatoms. The predicted molar refractivity (Wildman–Crippen MR) is 86.3 cm³/mol. The fourth-order valence-corrected chi connectivity index (χ4v) is 2.94. The molecule has 22 heavy (non-hydrogen) atoms. The van der Waals surface area contributed by atoms with Crippen LogP contribution in [0.1, 0.15) is 6.42 Å². The minimum absolute atomic E-state index is 0.0808. The summed E-state index contributed by atoms with van der Waals surface area (Å²) in [7, 11) is 0. The van der Waals surface area contributed by atoms with Crippen LogP contribution in [-0.2, 0) is 0 Å². The molecule has 0 amide bonds. The SMILES string of the molecule is O=c1nc(-c2ccccn2)sc2ccc(OCCCO)cc12. The summed E-state index contributed by atoms with van der Waals surface area (Å²) in [6.07, 6.45) is 2.23. The average molecular weight is 314 g/mol. The summed E-state index contributed by atoms with van der Waals surface area (Å²) in [5, 5.41) is 9.89. The highest BCUT2D eigenvalue weighted by Crippen LogP contribution is 2.26. The Hall–Kier alpha value is -2.31. The van der Waals surface area contributed by atoms with Crippen molar-refractivity contribution in [3.63, 3.8) is 0 Å². The Balaban J connectivity index is 1.98. The zero-order chi connectivity index (χ0) is 15.4. The maximum Gasteiger partial charge on any atom is 0.279 e. The third kappa shape index (κ3) is 3.13. The van der Waals surface area contributed by atoms with Gasteiger partial charge >= 0.3 is 0 Å². The fourth-order valence-electron chi connectivity index (χ4n) is 1.99. The second-order valence-corrected chi connectivity index (χ2v) is 5.65. The molecular weight excluding hydrogens is 300 g/mol. The van der Waals surface area contributed by atoms with Crippen LogP contribution in [-0.4, -0.2) is 28.3 Å². The summed E-state index contributed by atoms with van der Waals surface area (Å²) in [6.45, 7) is 0.497. The molecule has 0 saturated heterocycles. The highest BCUT2D eigenvalue weighted by Gasteiger charge is 2.08. The van der Waals surface area contributed by atoms with Crippen molar-refractivity contribution in [3.05, 3.63) is 52.9 Å². The molecule has 0 aliphatic rings. The van der Waals surface area contributed by atoms with Crippen LogP contribution < -0.4 is 10.3 Å². The van der Waals surface area contributed by atoms with Crippen molar-refractivity contribution in [1.29, 1.82) is 0 Å². The van der Waals surface area contributed by atoms with Gasteiger partial charge in [0.15, 0.2) is 0 Å². The Bertz CT molecular complexity index is 834. The molecule has 2 aromatic heterocycles. The minimum atomic E-state index is -0.290. The molecular formula is C16H14N2O3S. The van der Waals surface area contributed by atoms with Gasteiger partial charge in [0.2, 0.25) is 0 Å². The van der Waals surface area contributed by atoms with Gasteiger partial charge in [-0.15, -0.1) is 11.3 Å². The van der Waals surface area contributed by atoms with E-state index in [9.17, 15) is 4.79 Å². The van der Waals surface area contributed by atoms with E-state index in [1.54, 1.807) is 12.3 Å². The first-order chi connectivity index (χ1) is 10.8. The van der Waals surface area contributed by atoms with Gasteiger partial charge in [-0.05, 0) is 30.3 Å². The monoisotopic (exact) mass is 314 g/mol. The van der Waals surface area contributed by atoms with Crippen LogP contribution in [0.25, 0.3) is 20.8 Å². The number of benzene rings is 1. The van der Waals surface area contributed by atoms with Gasteiger partial charge < -0.3 is 9.84 Å². The molecule has 0 atom stereocenters. The minimum Gasteiger partial charge on any atom is -0.493 e. The summed E-state index contributed by atoms with van der Waals surface area (Å²) in [6, 6.07) is 10.9. The van der Waals surface area contributed by atoms with Crippen molar-refractivity contribution in [2.24, 2.45) is 0 Å². The third-order valence-corrected chi connectivity index (χ3v) is 4.12. The normalized spacial score (nSPS) is 10.8. The van der Waals surface area contributed by atoms with E-state index in [2.05, 4.69) is 9.97 Å². The van der Waals surface area contributed by atoms with E-state index in [-0.39, 0.29) is 12.2 Å². The maximum absolute atomic E-state index is 12.2. The Kier molecular flexibility index (Phi) is 4.41. The standard InChI is InChI=1S/C16H14N2O3S/c19-8-3-9-21-11-5-6-14-12(10-11)15(20)18-16(22-14)13-4-1-2-7-17-13/h1-2,4-7,10,19H,3,8-9H2. The molecule has 0 radical (unpaired) electrons. The van der Waals surface area contributed by atoms with Crippen LogP contribution in [0, 0.1) is 0 Å². The zero-order valence-electron chi connectivity index (χ0n) is 11.7. The van der Waals surface area contributed by atoms with Crippen molar-refractivity contribution in [2.45, 2.75) is 6.42 Å². The molecule has 3 rings (SSSR count). The molecule has 0 aliphatic carbocycles. The highest BCUT2D eigenvalue weighted by molar-refractivity contribution is 7.21. The van der Waals surface area contributed by atoms with Gasteiger partial charge in [-0.3, -0.25) is 9.78 Å². The Labute approximate surface area is 130 Å². The summed E-state index contributed by atoms with van der Waals surface area (Å²) in [5.74, 6) is 0.609. The lowest BCUT2D eigenvalue weighted by atomic mass is 10.2. The number of aliphatic hydroxyl groups excluding tert-OH is 1. The summed E-state index contributed by atoms with van der Waals surface area (Å²) in [4.78, 5) is 20.6. The van der Waals surface area contributed by atoms with Gasteiger partial charge in [-0.2, -0.15) is 4.98 Å². The number of aliphatic hydroxyl groups is 1. The largest absolute Gasteiger partial charge is 0.493 e. The lowest BCUT2D eigenvalue weighted by Crippen LogP contribution is -2.07. The number of hydrogen-bond acceptors (Lipinski definition) is 6. The van der Waals surface area contributed by atoms with Crippen molar-refractivity contribution >= 4 is 21.4 Å². The highest BCUT2D eigenvalue weighted by atomic mass is 32.1. The number of fused-ring (bicyclic) bond motifs is 1. The van der Waals surface area contributed by atoms with Crippen LogP contribution in [0.3, 0.4) is 0 Å². The summed E-state index contributed by atoms with van der Waals surface area (Å²) >= 11 is 1.42. The topological polar surface area (TPSA) is 72.3 Å². The van der Waals surface area contributed by atoms with Gasteiger partial charge in [0.1, 0.15) is 10.8 Å². The van der Waals surface area contributed by atoms with Crippen molar-refractivity contribution < 1.29 is 9.84 Å². The number of pyridine rings is 1. The number of aromatic nitrogens is 2. The average Bonchev–Trinajstić information content (AvgIpc) is 2.56. The molecule has 0 fully saturated rings. The fraction of sp³-hybridized carbons (Fsp3) is 0.188. The smallest absolute Gasteiger partial charge is 0.279 e. The zero-order valence-corrected chi connectivity index (χ0v) is 12.5. The van der Waals surface area contributed by atoms with E-state index in [4.69, 9.17) is 9.84 Å². The van der Waals surface area contributed by atoms with Gasteiger partial charge in [0.25, 0.3) is 5.56 Å². The molecule has 0 saturated carbocycles. The Morgan fingerprint density at radius 3 is 2.91 bits per heavy atom. The Morgan fingerprint density at radius 2 is 2.14 bits per heavy atom. The maximum atomic E-state index is 12.2. The molecule has 0 spiro atoms. The third-order valence-electron chi connectivity index (χ3n) is 3.05. The second-order valence-electron chi connectivity index (χ2n) is 4.62.